The molecule has 9 nitrogen and oxygen atoms in total. The van der Waals surface area contributed by atoms with Crippen LogP contribution < -0.4 is 5.32 Å². The average molecular weight is 451 g/mol. The highest BCUT2D eigenvalue weighted by Crippen LogP contribution is 2.28. The first-order chi connectivity index (χ1) is 15.6. The van der Waals surface area contributed by atoms with E-state index in [2.05, 4.69) is 5.32 Å². The summed E-state index contributed by atoms with van der Waals surface area (Å²) in [5.41, 5.74) is 0.927. The molecular weight excluding hydrogens is 430 g/mol. The van der Waals surface area contributed by atoms with Crippen LogP contribution in [0.1, 0.15) is 27.9 Å². The predicted molar refractivity (Wildman–Crippen MR) is 118 cm³/mol. The molecule has 0 unspecified atom stereocenters. The largest absolute Gasteiger partial charge is 0.504 e. The molecule has 0 aliphatic carbocycles. The average Bonchev–Trinajstić information content (AvgIpc) is 2.78. The Morgan fingerprint density at radius 1 is 0.697 bits per heavy atom. The quantitative estimate of drug-likeness (QED) is 0.163. The standard InChI is InChI=1S/C24H21NO8/c26-17-4-1-13(8-21(17)30)7-16(11-20(29)15-3-6-19(28)23(32)10-15)24(33)25-12-14-2-5-18(27)22(31)9-14/h1-10,26-28,30-32H,11-12H2,(H,25,33)/b16-7-. The third kappa shape index (κ3) is 5.73. The fourth-order valence-corrected chi connectivity index (χ4v) is 2.98. The number of hydrogen-bond acceptors (Lipinski definition) is 8. The highest BCUT2D eigenvalue weighted by atomic mass is 16.3. The molecule has 0 heterocycles. The SMILES string of the molecule is O=C(NCc1ccc(O)c(O)c1)/C(=C\c1ccc(O)c(O)c1)CC(=O)c1ccc(O)c(O)c1. The Labute approximate surface area is 188 Å². The summed E-state index contributed by atoms with van der Waals surface area (Å²) in [6.45, 7) is -0.0149. The Morgan fingerprint density at radius 2 is 1.27 bits per heavy atom. The zero-order valence-electron chi connectivity index (χ0n) is 17.2. The molecule has 170 valence electrons. The fraction of sp³-hybridized carbons (Fsp3) is 0.0833. The lowest BCUT2D eigenvalue weighted by Gasteiger charge is -2.11. The van der Waals surface area contributed by atoms with Crippen molar-refractivity contribution in [2.45, 2.75) is 13.0 Å². The summed E-state index contributed by atoms with van der Waals surface area (Å²) in [6.07, 6.45) is 0.986. The number of amides is 1. The van der Waals surface area contributed by atoms with Crippen LogP contribution in [0.2, 0.25) is 0 Å². The van der Waals surface area contributed by atoms with Crippen LogP contribution in [0.5, 0.6) is 34.5 Å². The number of benzene rings is 3. The van der Waals surface area contributed by atoms with Gasteiger partial charge in [0, 0.05) is 24.1 Å². The number of nitrogens with one attached hydrogen (secondary N) is 1. The van der Waals surface area contributed by atoms with E-state index in [1.165, 1.54) is 48.5 Å². The van der Waals surface area contributed by atoms with Crippen LogP contribution in [-0.2, 0) is 11.3 Å². The summed E-state index contributed by atoms with van der Waals surface area (Å²) in [4.78, 5) is 25.6. The van der Waals surface area contributed by atoms with Gasteiger partial charge >= 0.3 is 0 Å². The molecule has 0 fully saturated rings. The number of rotatable bonds is 7. The van der Waals surface area contributed by atoms with Crippen LogP contribution in [-0.4, -0.2) is 42.3 Å². The summed E-state index contributed by atoms with van der Waals surface area (Å²) in [5.74, 6) is -3.41. The Hall–Kier alpha value is -4.66. The van der Waals surface area contributed by atoms with Gasteiger partial charge in [-0.05, 0) is 59.7 Å². The number of aromatic hydroxyl groups is 6. The van der Waals surface area contributed by atoms with Gasteiger partial charge in [-0.15, -0.1) is 0 Å². The van der Waals surface area contributed by atoms with E-state index in [9.17, 15) is 40.2 Å². The van der Waals surface area contributed by atoms with Crippen molar-refractivity contribution in [2.75, 3.05) is 0 Å². The first-order valence-electron chi connectivity index (χ1n) is 9.71. The van der Waals surface area contributed by atoms with E-state index in [4.69, 9.17) is 0 Å². The van der Waals surface area contributed by atoms with Crippen LogP contribution in [0.4, 0.5) is 0 Å². The van der Waals surface area contributed by atoms with Gasteiger partial charge in [0.15, 0.2) is 40.3 Å². The van der Waals surface area contributed by atoms with Gasteiger partial charge in [-0.3, -0.25) is 9.59 Å². The predicted octanol–water partition coefficient (Wildman–Crippen LogP) is 2.89. The van der Waals surface area contributed by atoms with Gasteiger partial charge in [-0.2, -0.15) is 0 Å². The second-order valence-corrected chi connectivity index (χ2v) is 7.23. The monoisotopic (exact) mass is 451 g/mol. The molecule has 0 radical (unpaired) electrons. The molecule has 0 aromatic heterocycles. The number of ketones is 1. The number of phenols is 6. The van der Waals surface area contributed by atoms with Crippen molar-refractivity contribution >= 4 is 17.8 Å². The van der Waals surface area contributed by atoms with Crippen LogP contribution >= 0.6 is 0 Å². The molecule has 0 saturated carbocycles. The van der Waals surface area contributed by atoms with Crippen LogP contribution in [0.25, 0.3) is 6.08 Å². The summed E-state index contributed by atoms with van der Waals surface area (Å²) in [5, 5.41) is 59.9. The third-order valence-electron chi connectivity index (χ3n) is 4.77. The van der Waals surface area contributed by atoms with Gasteiger partial charge in [0.1, 0.15) is 0 Å². The number of carbonyl (C=O) groups excluding carboxylic acids is 2. The van der Waals surface area contributed by atoms with Crippen molar-refractivity contribution in [1.29, 1.82) is 0 Å². The number of hydrogen-bond donors (Lipinski definition) is 7. The molecule has 3 aromatic rings. The molecule has 0 bridgehead atoms. The van der Waals surface area contributed by atoms with E-state index in [1.807, 2.05) is 0 Å². The zero-order chi connectivity index (χ0) is 24.1. The highest BCUT2D eigenvalue weighted by molar-refractivity contribution is 6.07. The first kappa shape index (κ1) is 23.0. The summed E-state index contributed by atoms with van der Waals surface area (Å²) in [6, 6.07) is 11.5. The van der Waals surface area contributed by atoms with Crippen molar-refractivity contribution in [3.05, 3.63) is 76.9 Å². The van der Waals surface area contributed by atoms with Gasteiger partial charge < -0.3 is 36.0 Å². The zero-order valence-corrected chi connectivity index (χ0v) is 17.2. The van der Waals surface area contributed by atoms with Gasteiger partial charge in [0.25, 0.3) is 0 Å². The lowest BCUT2D eigenvalue weighted by molar-refractivity contribution is -0.117. The molecule has 1 amide bonds. The normalized spacial score (nSPS) is 11.2. The number of phenolic OH excluding ortho intramolecular Hbond substituents is 6. The number of Topliss-reactive ketones (excluding diaryl/α,β-unsaturated/α-hetero) is 1. The molecule has 3 rings (SSSR count). The second-order valence-electron chi connectivity index (χ2n) is 7.23. The maximum atomic E-state index is 12.9. The minimum Gasteiger partial charge on any atom is -0.504 e. The Balaban J connectivity index is 1.86. The van der Waals surface area contributed by atoms with E-state index < -0.39 is 28.9 Å². The van der Waals surface area contributed by atoms with Crippen molar-refractivity contribution in [3.63, 3.8) is 0 Å². The summed E-state index contributed by atoms with van der Waals surface area (Å²) in [7, 11) is 0. The molecule has 9 heteroatoms. The maximum Gasteiger partial charge on any atom is 0.247 e. The topological polar surface area (TPSA) is 168 Å². The van der Waals surface area contributed by atoms with E-state index >= 15 is 0 Å². The van der Waals surface area contributed by atoms with Crippen LogP contribution in [0.15, 0.2) is 60.2 Å². The summed E-state index contributed by atoms with van der Waals surface area (Å²) >= 11 is 0. The van der Waals surface area contributed by atoms with Crippen molar-refractivity contribution in [1.82, 2.24) is 5.32 Å². The lowest BCUT2D eigenvalue weighted by atomic mass is 9.99. The lowest BCUT2D eigenvalue weighted by Crippen LogP contribution is -2.25. The molecular formula is C24H21NO8. The molecule has 3 aromatic carbocycles. The van der Waals surface area contributed by atoms with Crippen molar-refractivity contribution in [2.24, 2.45) is 0 Å². The summed E-state index contributed by atoms with van der Waals surface area (Å²) < 4.78 is 0. The molecule has 33 heavy (non-hydrogen) atoms. The van der Waals surface area contributed by atoms with E-state index in [-0.39, 0.29) is 41.4 Å². The van der Waals surface area contributed by atoms with Crippen LogP contribution in [0, 0.1) is 0 Å². The Kier molecular flexibility index (Phi) is 6.73. The van der Waals surface area contributed by atoms with Crippen LogP contribution in [0.3, 0.4) is 0 Å². The van der Waals surface area contributed by atoms with E-state index in [1.54, 1.807) is 0 Å². The van der Waals surface area contributed by atoms with Crippen molar-refractivity contribution in [3.8, 4) is 34.5 Å². The van der Waals surface area contributed by atoms with Gasteiger partial charge in [-0.25, -0.2) is 0 Å². The Morgan fingerprint density at radius 3 is 1.88 bits per heavy atom. The molecule has 0 aliphatic rings. The van der Waals surface area contributed by atoms with Gasteiger partial charge in [-0.1, -0.05) is 12.1 Å². The molecule has 7 N–H and O–H groups in total. The second kappa shape index (κ2) is 9.65. The van der Waals surface area contributed by atoms with Crippen molar-refractivity contribution < 1.29 is 40.2 Å². The van der Waals surface area contributed by atoms with E-state index in [0.29, 0.717) is 11.1 Å². The maximum absolute atomic E-state index is 12.9. The van der Waals surface area contributed by atoms with Gasteiger partial charge in [0.2, 0.25) is 5.91 Å². The first-order valence-corrected chi connectivity index (χ1v) is 9.71. The van der Waals surface area contributed by atoms with E-state index in [0.717, 1.165) is 12.1 Å². The smallest absolute Gasteiger partial charge is 0.247 e. The molecule has 0 spiro atoms. The molecule has 0 atom stereocenters. The minimum atomic E-state index is -0.619. The highest BCUT2D eigenvalue weighted by Gasteiger charge is 2.17. The Bertz CT molecular complexity index is 1250. The van der Waals surface area contributed by atoms with Gasteiger partial charge in [0.05, 0.1) is 0 Å². The molecule has 0 saturated heterocycles. The fourth-order valence-electron chi connectivity index (χ4n) is 2.98. The number of carbonyl (C=O) groups is 2. The molecule has 0 aliphatic heterocycles. The minimum absolute atomic E-state index is 0.0145. The third-order valence-corrected chi connectivity index (χ3v) is 4.77.